The molecule has 0 bridgehead atoms. The van der Waals surface area contributed by atoms with E-state index >= 15 is 0 Å². The van der Waals surface area contributed by atoms with Gasteiger partial charge in [0.2, 0.25) is 0 Å². The molecule has 1 aromatic heterocycles. The van der Waals surface area contributed by atoms with E-state index in [-0.39, 0.29) is 5.91 Å². The minimum absolute atomic E-state index is 0.190. The number of anilines is 1. The van der Waals surface area contributed by atoms with Crippen molar-refractivity contribution in [2.24, 2.45) is 0 Å². The summed E-state index contributed by atoms with van der Waals surface area (Å²) in [6.07, 6.45) is 0. The normalized spacial score (nSPS) is 10.3. The van der Waals surface area contributed by atoms with Gasteiger partial charge in [-0.15, -0.1) is 0 Å². The summed E-state index contributed by atoms with van der Waals surface area (Å²) < 4.78 is 4.99. The monoisotopic (exact) mass is 257 g/mol. The van der Waals surface area contributed by atoms with Crippen LogP contribution in [0.2, 0.25) is 0 Å². The van der Waals surface area contributed by atoms with Crippen molar-refractivity contribution in [3.63, 3.8) is 0 Å². The molecule has 4 heteroatoms. The van der Waals surface area contributed by atoms with E-state index in [1.54, 1.807) is 20.9 Å². The van der Waals surface area contributed by atoms with Crippen LogP contribution in [0.25, 0.3) is 0 Å². The van der Waals surface area contributed by atoms with Crippen LogP contribution in [0.3, 0.4) is 0 Å². The molecule has 0 radical (unpaired) electrons. The number of nitrogens with zero attached hydrogens (tertiary/aromatic N) is 1. The van der Waals surface area contributed by atoms with Crippen LogP contribution in [0.15, 0.2) is 45.6 Å². The second kappa shape index (κ2) is 5.10. The number of aryl methyl sites for hydroxylation is 2. The first-order valence-electron chi connectivity index (χ1n) is 5.95. The maximum atomic E-state index is 12.5. The van der Waals surface area contributed by atoms with Gasteiger partial charge in [0, 0.05) is 18.8 Å². The second-order valence-electron chi connectivity index (χ2n) is 4.38. The van der Waals surface area contributed by atoms with E-state index in [1.165, 1.54) is 11.0 Å². The van der Waals surface area contributed by atoms with Gasteiger partial charge >= 0.3 is 5.63 Å². The number of carbonyl (C=O) groups excluding carboxylic acids is 1. The number of para-hydroxylation sites is 1. The molecule has 0 saturated carbocycles. The van der Waals surface area contributed by atoms with Crippen molar-refractivity contribution in [3.8, 4) is 0 Å². The van der Waals surface area contributed by atoms with Gasteiger partial charge in [0.1, 0.15) is 5.76 Å². The minimum Gasteiger partial charge on any atom is -0.427 e. The molecule has 98 valence electrons. The minimum atomic E-state index is -0.436. The molecule has 0 fully saturated rings. The summed E-state index contributed by atoms with van der Waals surface area (Å²) in [7, 11) is 1.70. The first-order chi connectivity index (χ1) is 9.00. The van der Waals surface area contributed by atoms with Crippen molar-refractivity contribution in [1.82, 2.24) is 0 Å². The smallest absolute Gasteiger partial charge is 0.336 e. The lowest BCUT2D eigenvalue weighted by atomic mass is 10.1. The Kier molecular flexibility index (Phi) is 3.51. The van der Waals surface area contributed by atoms with Gasteiger partial charge in [-0.25, -0.2) is 4.79 Å². The lowest BCUT2D eigenvalue weighted by Gasteiger charge is -2.18. The van der Waals surface area contributed by atoms with E-state index in [0.29, 0.717) is 16.9 Å². The Balaban J connectivity index is 2.43. The molecule has 0 unspecified atom stereocenters. The molecule has 0 aliphatic rings. The van der Waals surface area contributed by atoms with E-state index in [2.05, 4.69) is 0 Å². The molecule has 1 heterocycles. The van der Waals surface area contributed by atoms with Gasteiger partial charge in [-0.3, -0.25) is 4.79 Å². The molecule has 2 aromatic rings. The highest BCUT2D eigenvalue weighted by Crippen LogP contribution is 2.18. The van der Waals surface area contributed by atoms with Gasteiger partial charge in [0.05, 0.1) is 5.56 Å². The van der Waals surface area contributed by atoms with Crippen LogP contribution in [0, 0.1) is 13.8 Å². The number of benzene rings is 1. The predicted molar refractivity (Wildman–Crippen MR) is 73.6 cm³/mol. The molecule has 0 aliphatic carbocycles. The predicted octanol–water partition coefficient (Wildman–Crippen LogP) is 2.53. The van der Waals surface area contributed by atoms with Crippen molar-refractivity contribution in [3.05, 3.63) is 63.7 Å². The average molecular weight is 257 g/mol. The lowest BCUT2D eigenvalue weighted by Crippen LogP contribution is -2.28. The highest BCUT2D eigenvalue weighted by molar-refractivity contribution is 6.07. The summed E-state index contributed by atoms with van der Waals surface area (Å²) in [5.41, 5.74) is 1.42. The van der Waals surface area contributed by atoms with Gasteiger partial charge in [0.25, 0.3) is 5.91 Å². The van der Waals surface area contributed by atoms with Crippen LogP contribution in [0.5, 0.6) is 0 Å². The molecule has 2 rings (SSSR count). The number of rotatable bonds is 2. The fraction of sp³-hybridized carbons (Fsp3) is 0.200. The first-order valence-corrected chi connectivity index (χ1v) is 5.95. The van der Waals surface area contributed by atoms with Crippen molar-refractivity contribution in [2.75, 3.05) is 11.9 Å². The average Bonchev–Trinajstić information content (AvgIpc) is 2.37. The molecular formula is C15H15NO3. The summed E-state index contributed by atoms with van der Waals surface area (Å²) in [6.45, 7) is 3.36. The number of amides is 1. The molecule has 0 aliphatic heterocycles. The molecular weight excluding hydrogens is 242 g/mol. The molecule has 0 saturated heterocycles. The topological polar surface area (TPSA) is 50.5 Å². The Hall–Kier alpha value is -2.36. The SMILES string of the molecule is Cc1cc(=O)oc(C)c1C(=O)N(C)c1ccccc1. The molecule has 4 nitrogen and oxygen atoms in total. The standard InChI is InChI=1S/C15H15NO3/c1-10-9-13(17)19-11(2)14(10)15(18)16(3)12-7-5-4-6-8-12/h4-9H,1-3H3. The zero-order valence-corrected chi connectivity index (χ0v) is 11.1. The van der Waals surface area contributed by atoms with Crippen LogP contribution in [-0.4, -0.2) is 13.0 Å². The molecule has 1 amide bonds. The van der Waals surface area contributed by atoms with E-state index in [1.807, 2.05) is 30.3 Å². The van der Waals surface area contributed by atoms with E-state index in [9.17, 15) is 9.59 Å². The highest BCUT2D eigenvalue weighted by Gasteiger charge is 2.19. The van der Waals surface area contributed by atoms with E-state index < -0.39 is 5.63 Å². The summed E-state index contributed by atoms with van der Waals surface area (Å²) in [5.74, 6) is 0.155. The molecule has 0 spiro atoms. The Labute approximate surface area is 111 Å². The zero-order chi connectivity index (χ0) is 14.0. The van der Waals surface area contributed by atoms with Gasteiger partial charge in [0.15, 0.2) is 0 Å². The Morgan fingerprint density at radius 2 is 1.79 bits per heavy atom. The maximum Gasteiger partial charge on any atom is 0.336 e. The van der Waals surface area contributed by atoms with Crippen LogP contribution >= 0.6 is 0 Å². The summed E-state index contributed by atoms with van der Waals surface area (Å²) in [5, 5.41) is 0. The van der Waals surface area contributed by atoms with Gasteiger partial charge in [-0.1, -0.05) is 18.2 Å². The second-order valence-corrected chi connectivity index (χ2v) is 4.38. The Morgan fingerprint density at radius 3 is 2.37 bits per heavy atom. The molecule has 19 heavy (non-hydrogen) atoms. The fourth-order valence-electron chi connectivity index (χ4n) is 2.01. The van der Waals surface area contributed by atoms with Crippen LogP contribution in [0.1, 0.15) is 21.7 Å². The van der Waals surface area contributed by atoms with Gasteiger partial charge in [-0.2, -0.15) is 0 Å². The van der Waals surface area contributed by atoms with E-state index in [0.717, 1.165) is 5.69 Å². The van der Waals surface area contributed by atoms with Crippen molar-refractivity contribution < 1.29 is 9.21 Å². The summed E-state index contributed by atoms with van der Waals surface area (Å²) >= 11 is 0. The maximum absolute atomic E-state index is 12.5. The molecule has 0 N–H and O–H groups in total. The van der Waals surface area contributed by atoms with E-state index in [4.69, 9.17) is 4.42 Å². The third-order valence-corrected chi connectivity index (χ3v) is 3.00. The number of hydrogen-bond donors (Lipinski definition) is 0. The largest absolute Gasteiger partial charge is 0.427 e. The van der Waals surface area contributed by atoms with Gasteiger partial charge in [-0.05, 0) is 31.5 Å². The molecule has 0 atom stereocenters. The summed E-state index contributed by atoms with van der Waals surface area (Å²) in [6, 6.07) is 10.6. The third-order valence-electron chi connectivity index (χ3n) is 3.00. The van der Waals surface area contributed by atoms with Crippen molar-refractivity contribution in [2.45, 2.75) is 13.8 Å². The van der Waals surface area contributed by atoms with Crippen LogP contribution in [0.4, 0.5) is 5.69 Å². The van der Waals surface area contributed by atoms with Crippen LogP contribution < -0.4 is 10.5 Å². The molecule has 1 aromatic carbocycles. The van der Waals surface area contributed by atoms with Crippen molar-refractivity contribution in [1.29, 1.82) is 0 Å². The van der Waals surface area contributed by atoms with Crippen molar-refractivity contribution >= 4 is 11.6 Å². The summed E-state index contributed by atoms with van der Waals surface area (Å²) in [4.78, 5) is 25.2. The quantitative estimate of drug-likeness (QED) is 0.830. The first kappa shape index (κ1) is 13.1. The Morgan fingerprint density at radius 1 is 1.16 bits per heavy atom. The fourth-order valence-corrected chi connectivity index (χ4v) is 2.01. The van der Waals surface area contributed by atoms with Gasteiger partial charge < -0.3 is 9.32 Å². The zero-order valence-electron chi connectivity index (χ0n) is 11.1. The van der Waals surface area contributed by atoms with Crippen LogP contribution in [-0.2, 0) is 0 Å². The lowest BCUT2D eigenvalue weighted by molar-refractivity contribution is 0.0989. The highest BCUT2D eigenvalue weighted by atomic mass is 16.4. The number of carbonyl (C=O) groups is 1. The Bertz CT molecular complexity index is 633. The third kappa shape index (κ3) is 2.57. The number of hydrogen-bond acceptors (Lipinski definition) is 3.